The Morgan fingerprint density at radius 3 is 1.83 bits per heavy atom. The maximum absolute atomic E-state index is 10.7. The van der Waals surface area contributed by atoms with Crippen molar-refractivity contribution in [2.75, 3.05) is 27.2 Å². The first-order valence-corrected chi connectivity index (χ1v) is 8.91. The predicted octanol–water partition coefficient (Wildman–Crippen LogP) is 0.940. The quantitative estimate of drug-likeness (QED) is 0.221. The maximum Gasteiger partial charge on any atom is 1.00 e. The van der Waals surface area contributed by atoms with Gasteiger partial charge in [-0.05, 0) is 26.4 Å². The summed E-state index contributed by atoms with van der Waals surface area (Å²) in [4.78, 5) is 10.1. The zero-order chi connectivity index (χ0) is 17.1. The number of hydrazine groups is 1. The van der Waals surface area contributed by atoms with Crippen molar-refractivity contribution in [1.82, 2.24) is 15.5 Å². The molecule has 0 aromatic heterocycles. The molecular weight excluding hydrogens is 301 g/mol. The average molecular weight is 340 g/mol. The second kappa shape index (κ2) is 24.6. The summed E-state index contributed by atoms with van der Waals surface area (Å²) < 4.78 is 0. The van der Waals surface area contributed by atoms with Gasteiger partial charge in [0.25, 0.3) is 0 Å². The molecule has 0 spiro atoms. The summed E-state index contributed by atoms with van der Waals surface area (Å²) in [5, 5.41) is 15.6. The van der Waals surface area contributed by atoms with E-state index in [0.29, 0.717) is 11.7 Å². The summed E-state index contributed by atoms with van der Waals surface area (Å²) >= 11 is 0. The molecule has 0 aliphatic carbocycles. The molecule has 0 aliphatic rings. The molecule has 0 bridgehead atoms. The third-order valence-electron chi connectivity index (χ3n) is 3.54. The van der Waals surface area contributed by atoms with Crippen molar-refractivity contribution in [2.24, 2.45) is 0 Å². The summed E-state index contributed by atoms with van der Waals surface area (Å²) in [6.45, 7) is 6.26. The topological polar surface area (TPSA) is 58.6 Å². The number of hydrogen-bond acceptors (Lipinski definition) is 4. The fourth-order valence-corrected chi connectivity index (χ4v) is 2.03. The van der Waals surface area contributed by atoms with Crippen molar-refractivity contribution in [3.05, 3.63) is 5.21 Å². The summed E-state index contributed by atoms with van der Waals surface area (Å²) in [5.41, 5.74) is 0. The molecule has 0 saturated carbocycles. The molecule has 0 atom stereocenters. The number of unbranched alkanes of at least 4 members (excludes halogenated alkanes) is 8. The van der Waals surface area contributed by atoms with Gasteiger partial charge in [-0.1, -0.05) is 65.2 Å². The summed E-state index contributed by atoms with van der Waals surface area (Å²) in [7, 11) is 3.64. The average Bonchev–Trinajstić information content (AvgIpc) is 2.54. The van der Waals surface area contributed by atoms with Crippen LogP contribution in [0.5, 0.6) is 0 Å². The Morgan fingerprint density at radius 2 is 1.39 bits per heavy atom. The Morgan fingerprint density at radius 1 is 0.913 bits per heavy atom. The second-order valence-corrected chi connectivity index (χ2v) is 5.72. The van der Waals surface area contributed by atoms with E-state index in [-0.39, 0.29) is 36.0 Å². The minimum Gasteiger partial charge on any atom is -0.741 e. The third-order valence-corrected chi connectivity index (χ3v) is 3.54. The van der Waals surface area contributed by atoms with Crippen LogP contribution in [0.15, 0.2) is 0 Å². The Hall–Kier alpha value is 0.350. The Kier molecular flexibility index (Phi) is 30.1. The van der Waals surface area contributed by atoms with E-state index in [2.05, 4.69) is 19.2 Å². The number of nitrogens with one attached hydrogen (secondary N) is 1. The standard InChI is InChI=1S/C9H19N2O2.C8H19N.Na/c1-3-4-5-6-7-8-10(2)11(13)9-12;1-3-4-5-6-7-8-9-2;/h9H,3-8H2,1-2H3;9H,3-8H2,1-2H3;/q-1;;+1. The summed E-state index contributed by atoms with van der Waals surface area (Å²) in [6.07, 6.45) is 13.0. The van der Waals surface area contributed by atoms with Crippen LogP contribution in [0.1, 0.15) is 78.1 Å². The molecule has 0 rings (SSSR count). The second-order valence-electron chi connectivity index (χ2n) is 5.72. The first-order chi connectivity index (χ1) is 10.6. The number of hydrogen-bond donors (Lipinski definition) is 1. The minimum atomic E-state index is 0. The zero-order valence-corrected chi connectivity index (χ0v) is 18.3. The molecule has 0 aliphatic heterocycles. The molecule has 0 aromatic rings. The van der Waals surface area contributed by atoms with Gasteiger partial charge in [0.05, 0.1) is 0 Å². The van der Waals surface area contributed by atoms with Gasteiger partial charge in [0, 0.05) is 13.6 Å². The molecule has 0 fully saturated rings. The van der Waals surface area contributed by atoms with Crippen molar-refractivity contribution < 1.29 is 34.4 Å². The Labute approximate surface area is 166 Å². The molecule has 5 nitrogen and oxygen atoms in total. The van der Waals surface area contributed by atoms with Crippen LogP contribution in [-0.2, 0) is 4.79 Å². The Bertz CT molecular complexity index is 216. The maximum atomic E-state index is 10.7. The van der Waals surface area contributed by atoms with Crippen LogP contribution >= 0.6 is 0 Å². The van der Waals surface area contributed by atoms with Gasteiger partial charge in [0.1, 0.15) is 0 Å². The van der Waals surface area contributed by atoms with Crippen molar-refractivity contribution in [1.29, 1.82) is 0 Å². The molecule has 23 heavy (non-hydrogen) atoms. The van der Waals surface area contributed by atoms with E-state index < -0.39 is 0 Å². The van der Waals surface area contributed by atoms with Crippen LogP contribution in [0.2, 0.25) is 0 Å². The van der Waals surface area contributed by atoms with E-state index in [1.165, 1.54) is 62.9 Å². The third kappa shape index (κ3) is 24.7. The largest absolute Gasteiger partial charge is 1.00 e. The van der Waals surface area contributed by atoms with Crippen LogP contribution in [0, 0.1) is 5.21 Å². The number of carbonyl (C=O) groups excluding carboxylic acids is 1. The van der Waals surface area contributed by atoms with Gasteiger partial charge in [-0.15, -0.1) is 0 Å². The molecule has 1 amide bonds. The monoisotopic (exact) mass is 339 g/mol. The predicted molar refractivity (Wildman–Crippen MR) is 95.3 cm³/mol. The Balaban J connectivity index is -0.000000354. The van der Waals surface area contributed by atoms with Crippen molar-refractivity contribution in [3.8, 4) is 0 Å². The summed E-state index contributed by atoms with van der Waals surface area (Å²) in [6, 6.07) is 0. The zero-order valence-electron chi connectivity index (χ0n) is 16.3. The van der Waals surface area contributed by atoms with E-state index in [0.717, 1.165) is 12.8 Å². The number of rotatable bonds is 14. The molecule has 1 N–H and O–H groups in total. The molecular formula is C17H38N3NaO2. The molecule has 0 unspecified atom stereocenters. The molecule has 134 valence electrons. The molecule has 0 heterocycles. The SMILES string of the molecule is CCCCCCCN(C)N([O-])C=O.CCCCCCCNC.[Na+]. The molecule has 0 saturated heterocycles. The van der Waals surface area contributed by atoms with E-state index in [4.69, 9.17) is 0 Å². The smallest absolute Gasteiger partial charge is 0.741 e. The van der Waals surface area contributed by atoms with Gasteiger partial charge >= 0.3 is 29.6 Å². The summed E-state index contributed by atoms with van der Waals surface area (Å²) in [5.74, 6) is 0. The number of hydroxylamine groups is 1. The molecule has 0 radical (unpaired) electrons. The van der Waals surface area contributed by atoms with Crippen LogP contribution < -0.4 is 34.9 Å². The van der Waals surface area contributed by atoms with Gasteiger partial charge in [0.2, 0.25) is 6.41 Å². The first kappa shape index (κ1) is 28.2. The van der Waals surface area contributed by atoms with Gasteiger partial charge in [-0.2, -0.15) is 0 Å². The minimum absolute atomic E-state index is 0. The first-order valence-electron chi connectivity index (χ1n) is 8.91. The van der Waals surface area contributed by atoms with Gasteiger partial charge in [0.15, 0.2) is 0 Å². The van der Waals surface area contributed by atoms with Gasteiger partial charge < -0.3 is 15.7 Å². The number of amides is 1. The van der Waals surface area contributed by atoms with E-state index >= 15 is 0 Å². The van der Waals surface area contributed by atoms with Crippen LogP contribution in [0.4, 0.5) is 0 Å². The van der Waals surface area contributed by atoms with E-state index in [1.807, 2.05) is 7.05 Å². The van der Waals surface area contributed by atoms with E-state index in [1.54, 1.807) is 7.05 Å². The van der Waals surface area contributed by atoms with Gasteiger partial charge in [-0.25, -0.2) is 5.01 Å². The van der Waals surface area contributed by atoms with Crippen LogP contribution in [-0.4, -0.2) is 43.8 Å². The normalized spacial score (nSPS) is 9.83. The van der Waals surface area contributed by atoms with Gasteiger partial charge in [-0.3, -0.25) is 4.79 Å². The van der Waals surface area contributed by atoms with E-state index in [9.17, 15) is 10.0 Å². The van der Waals surface area contributed by atoms with Crippen molar-refractivity contribution in [2.45, 2.75) is 78.1 Å². The molecule has 6 heteroatoms. The fourth-order valence-electron chi connectivity index (χ4n) is 2.03. The number of carbonyl (C=O) groups is 1. The van der Waals surface area contributed by atoms with Crippen LogP contribution in [0.25, 0.3) is 0 Å². The van der Waals surface area contributed by atoms with Crippen LogP contribution in [0.3, 0.4) is 0 Å². The number of nitrogens with zero attached hydrogens (tertiary/aromatic N) is 2. The fraction of sp³-hybridized carbons (Fsp3) is 0.941. The van der Waals surface area contributed by atoms with Crippen molar-refractivity contribution >= 4 is 6.41 Å². The molecule has 0 aromatic carbocycles. The van der Waals surface area contributed by atoms with Crippen molar-refractivity contribution in [3.63, 3.8) is 0 Å².